The summed E-state index contributed by atoms with van der Waals surface area (Å²) >= 11 is 0. The Hall–Kier alpha value is -2.17. The first-order chi connectivity index (χ1) is 8.02. The van der Waals surface area contributed by atoms with E-state index in [2.05, 4.69) is 5.16 Å². The molecular formula is C12H10FNO3. The van der Waals surface area contributed by atoms with Crippen molar-refractivity contribution in [1.29, 1.82) is 0 Å². The van der Waals surface area contributed by atoms with Crippen molar-refractivity contribution in [1.82, 2.24) is 5.16 Å². The van der Waals surface area contributed by atoms with Crippen LogP contribution in [-0.2, 0) is 0 Å². The van der Waals surface area contributed by atoms with E-state index >= 15 is 0 Å². The van der Waals surface area contributed by atoms with Crippen molar-refractivity contribution < 1.29 is 18.8 Å². The zero-order valence-electron chi connectivity index (χ0n) is 9.32. The van der Waals surface area contributed by atoms with Gasteiger partial charge < -0.3 is 9.63 Å². The van der Waals surface area contributed by atoms with Gasteiger partial charge >= 0.3 is 5.97 Å². The summed E-state index contributed by atoms with van der Waals surface area (Å²) in [6.07, 6.45) is 0. The van der Waals surface area contributed by atoms with E-state index in [0.29, 0.717) is 17.0 Å². The molecule has 0 aliphatic carbocycles. The van der Waals surface area contributed by atoms with Crippen LogP contribution in [0.3, 0.4) is 0 Å². The summed E-state index contributed by atoms with van der Waals surface area (Å²) in [5, 5.41) is 12.8. The molecule has 2 aromatic rings. The van der Waals surface area contributed by atoms with Crippen LogP contribution in [0.25, 0.3) is 11.1 Å². The quantitative estimate of drug-likeness (QED) is 0.869. The summed E-state index contributed by atoms with van der Waals surface area (Å²) in [5.74, 6) is -1.61. The molecule has 0 bridgehead atoms. The van der Waals surface area contributed by atoms with Gasteiger partial charge in [-0.15, -0.1) is 0 Å². The monoisotopic (exact) mass is 235 g/mol. The van der Waals surface area contributed by atoms with Gasteiger partial charge in [0.05, 0.1) is 5.69 Å². The molecule has 0 saturated carbocycles. The standard InChI is InChI=1S/C12H10FNO3/c1-6-10(7(2)17-14-6)8-4-3-5-9(13)11(8)12(15)16/h3-5H,1-2H3,(H,15,16). The van der Waals surface area contributed by atoms with Crippen LogP contribution in [0.15, 0.2) is 22.7 Å². The third-order valence-corrected chi connectivity index (χ3v) is 2.53. The Balaban J connectivity index is 2.76. The number of aryl methyl sites for hydroxylation is 2. The van der Waals surface area contributed by atoms with E-state index in [9.17, 15) is 9.18 Å². The summed E-state index contributed by atoms with van der Waals surface area (Å²) in [6.45, 7) is 3.34. The Morgan fingerprint density at radius 1 is 1.41 bits per heavy atom. The number of carboxylic acids is 1. The lowest BCUT2D eigenvalue weighted by Gasteiger charge is -2.06. The minimum Gasteiger partial charge on any atom is -0.478 e. The molecule has 2 rings (SSSR count). The van der Waals surface area contributed by atoms with E-state index < -0.39 is 11.8 Å². The van der Waals surface area contributed by atoms with E-state index in [0.717, 1.165) is 6.07 Å². The van der Waals surface area contributed by atoms with Gasteiger partial charge in [0.2, 0.25) is 0 Å². The molecule has 88 valence electrons. The number of halogens is 1. The van der Waals surface area contributed by atoms with Gasteiger partial charge in [-0.3, -0.25) is 0 Å². The van der Waals surface area contributed by atoms with E-state index in [-0.39, 0.29) is 11.1 Å². The van der Waals surface area contributed by atoms with E-state index in [4.69, 9.17) is 9.63 Å². The third kappa shape index (κ3) is 1.80. The van der Waals surface area contributed by atoms with Crippen LogP contribution in [0.4, 0.5) is 4.39 Å². The van der Waals surface area contributed by atoms with Crippen molar-refractivity contribution in [3.05, 3.63) is 41.0 Å². The van der Waals surface area contributed by atoms with Crippen molar-refractivity contribution in [2.24, 2.45) is 0 Å². The van der Waals surface area contributed by atoms with E-state index in [1.807, 2.05) is 0 Å². The molecule has 0 spiro atoms. The number of carboxylic acid groups (broad SMARTS) is 1. The summed E-state index contributed by atoms with van der Waals surface area (Å²) in [4.78, 5) is 11.1. The number of carbonyl (C=O) groups is 1. The first-order valence-corrected chi connectivity index (χ1v) is 4.97. The Morgan fingerprint density at radius 3 is 2.65 bits per heavy atom. The highest BCUT2D eigenvalue weighted by Gasteiger charge is 2.21. The minimum atomic E-state index is -1.31. The zero-order chi connectivity index (χ0) is 12.6. The van der Waals surface area contributed by atoms with E-state index in [1.54, 1.807) is 19.9 Å². The molecule has 1 N–H and O–H groups in total. The van der Waals surface area contributed by atoms with Crippen LogP contribution in [0.5, 0.6) is 0 Å². The van der Waals surface area contributed by atoms with Crippen LogP contribution >= 0.6 is 0 Å². The molecule has 4 nitrogen and oxygen atoms in total. The van der Waals surface area contributed by atoms with Crippen molar-refractivity contribution in [3.63, 3.8) is 0 Å². The second-order valence-corrected chi connectivity index (χ2v) is 3.67. The van der Waals surface area contributed by atoms with Gasteiger partial charge in [-0.05, 0) is 19.9 Å². The Morgan fingerprint density at radius 2 is 2.12 bits per heavy atom. The average Bonchev–Trinajstić information content (AvgIpc) is 2.57. The molecule has 1 heterocycles. The third-order valence-electron chi connectivity index (χ3n) is 2.53. The number of benzene rings is 1. The smallest absolute Gasteiger partial charge is 0.339 e. The molecule has 0 saturated heterocycles. The van der Waals surface area contributed by atoms with Crippen LogP contribution in [0.1, 0.15) is 21.8 Å². The number of hydrogen-bond acceptors (Lipinski definition) is 3. The summed E-state index contributed by atoms with van der Waals surface area (Å²) in [6, 6.07) is 4.12. The van der Waals surface area contributed by atoms with Crippen molar-refractivity contribution in [3.8, 4) is 11.1 Å². The van der Waals surface area contributed by atoms with Crippen molar-refractivity contribution in [2.75, 3.05) is 0 Å². The molecule has 0 amide bonds. The number of aromatic carboxylic acids is 1. The molecule has 0 radical (unpaired) electrons. The lowest BCUT2D eigenvalue weighted by molar-refractivity contribution is 0.0693. The lowest BCUT2D eigenvalue weighted by Crippen LogP contribution is -2.03. The fourth-order valence-electron chi connectivity index (χ4n) is 1.82. The topological polar surface area (TPSA) is 63.3 Å². The van der Waals surface area contributed by atoms with Gasteiger partial charge in [0, 0.05) is 11.1 Å². The molecule has 17 heavy (non-hydrogen) atoms. The van der Waals surface area contributed by atoms with Crippen LogP contribution in [0, 0.1) is 19.7 Å². The van der Waals surface area contributed by atoms with Crippen molar-refractivity contribution in [2.45, 2.75) is 13.8 Å². The number of aromatic nitrogens is 1. The number of rotatable bonds is 2. The highest BCUT2D eigenvalue weighted by molar-refractivity contribution is 5.96. The Kier molecular flexibility index (Phi) is 2.67. The molecule has 5 heteroatoms. The molecule has 0 aliphatic rings. The highest BCUT2D eigenvalue weighted by Crippen LogP contribution is 2.31. The minimum absolute atomic E-state index is 0.286. The zero-order valence-corrected chi connectivity index (χ0v) is 9.32. The van der Waals surface area contributed by atoms with Gasteiger partial charge in [-0.2, -0.15) is 0 Å². The molecule has 1 aromatic heterocycles. The molecule has 1 aromatic carbocycles. The molecule has 0 fully saturated rings. The maximum atomic E-state index is 13.5. The predicted octanol–water partition coefficient (Wildman–Crippen LogP) is 2.80. The Labute approximate surface area is 96.7 Å². The first-order valence-electron chi connectivity index (χ1n) is 4.97. The lowest BCUT2D eigenvalue weighted by atomic mass is 9.98. The molecule has 0 atom stereocenters. The number of hydrogen-bond donors (Lipinski definition) is 1. The summed E-state index contributed by atoms with van der Waals surface area (Å²) in [5.41, 5.74) is 0.994. The first kappa shape index (κ1) is 11.3. The number of nitrogens with zero attached hydrogens (tertiary/aromatic N) is 1. The van der Waals surface area contributed by atoms with Gasteiger partial charge in [0.25, 0.3) is 0 Å². The van der Waals surface area contributed by atoms with Crippen LogP contribution in [0.2, 0.25) is 0 Å². The maximum Gasteiger partial charge on any atom is 0.339 e. The Bertz CT molecular complexity index is 570. The van der Waals surface area contributed by atoms with Crippen LogP contribution < -0.4 is 0 Å². The van der Waals surface area contributed by atoms with Gasteiger partial charge in [0.1, 0.15) is 17.1 Å². The summed E-state index contributed by atoms with van der Waals surface area (Å²) < 4.78 is 18.5. The fourth-order valence-corrected chi connectivity index (χ4v) is 1.82. The average molecular weight is 235 g/mol. The molecule has 0 unspecified atom stereocenters. The van der Waals surface area contributed by atoms with Gasteiger partial charge in [-0.25, -0.2) is 9.18 Å². The second-order valence-electron chi connectivity index (χ2n) is 3.67. The largest absolute Gasteiger partial charge is 0.478 e. The van der Waals surface area contributed by atoms with Crippen LogP contribution in [-0.4, -0.2) is 16.2 Å². The summed E-state index contributed by atoms with van der Waals surface area (Å²) in [7, 11) is 0. The SMILES string of the molecule is Cc1noc(C)c1-c1cccc(F)c1C(=O)O. The maximum absolute atomic E-state index is 13.5. The van der Waals surface area contributed by atoms with Crippen molar-refractivity contribution >= 4 is 5.97 Å². The predicted molar refractivity (Wildman–Crippen MR) is 58.3 cm³/mol. The fraction of sp³-hybridized carbons (Fsp3) is 0.167. The van der Waals surface area contributed by atoms with Gasteiger partial charge in [-0.1, -0.05) is 17.3 Å². The van der Waals surface area contributed by atoms with E-state index in [1.165, 1.54) is 6.07 Å². The second kappa shape index (κ2) is 4.01. The van der Waals surface area contributed by atoms with Gasteiger partial charge in [0.15, 0.2) is 0 Å². The normalized spacial score (nSPS) is 10.5. The molecule has 0 aliphatic heterocycles. The highest BCUT2D eigenvalue weighted by atomic mass is 19.1. The molecular weight excluding hydrogens is 225 g/mol.